The van der Waals surface area contributed by atoms with Crippen molar-refractivity contribution in [1.29, 1.82) is 0 Å². The predicted molar refractivity (Wildman–Crippen MR) is 46.1 cm³/mol. The molecule has 1 heterocycles. The van der Waals surface area contributed by atoms with E-state index in [1.807, 2.05) is 0 Å². The molecule has 1 fully saturated rings. The maximum atomic E-state index is 13.3. The number of halogens is 1. The first kappa shape index (κ1) is 11.7. The Morgan fingerprint density at radius 1 is 1.60 bits per heavy atom. The van der Waals surface area contributed by atoms with E-state index in [1.165, 1.54) is 0 Å². The zero-order valence-electron chi connectivity index (χ0n) is 8.09. The van der Waals surface area contributed by atoms with E-state index in [-0.39, 0.29) is 13.2 Å². The third-order valence-electron chi connectivity index (χ3n) is 2.22. The Balaban J connectivity index is 2.64. The van der Waals surface area contributed by atoms with Crippen LogP contribution >= 0.6 is 0 Å². The lowest BCUT2D eigenvalue weighted by Gasteiger charge is -2.21. The molecule has 0 saturated carbocycles. The number of esters is 1. The van der Waals surface area contributed by atoms with Gasteiger partial charge < -0.3 is 14.9 Å². The summed E-state index contributed by atoms with van der Waals surface area (Å²) in [5.74, 6) is -0.617. The van der Waals surface area contributed by atoms with E-state index in [4.69, 9.17) is 10.2 Å². The van der Waals surface area contributed by atoms with Crippen LogP contribution < -0.4 is 0 Å². The number of rotatable bonds is 2. The normalized spacial score (nSPS) is 30.3. The molecule has 0 aromatic rings. The summed E-state index contributed by atoms with van der Waals surface area (Å²) < 4.78 is 17.8. The van der Waals surface area contributed by atoms with Gasteiger partial charge in [-0.05, 0) is 0 Å². The molecule has 6 nitrogen and oxygen atoms in total. The number of aliphatic hydroxyl groups is 1. The molecular weight excluding hydrogens is 209 g/mol. The molecule has 0 aromatic carbocycles. The molecule has 15 heavy (non-hydrogen) atoms. The van der Waals surface area contributed by atoms with Gasteiger partial charge in [-0.3, -0.25) is 9.69 Å². The maximum absolute atomic E-state index is 13.3. The molecule has 1 aliphatic rings. The van der Waals surface area contributed by atoms with Crippen molar-refractivity contribution < 1.29 is 28.9 Å². The highest BCUT2D eigenvalue weighted by Gasteiger charge is 2.44. The zero-order chi connectivity index (χ0) is 11.6. The number of hydrogen-bond donors (Lipinski definition) is 2. The lowest BCUT2D eigenvalue weighted by molar-refractivity contribution is -0.142. The van der Waals surface area contributed by atoms with Gasteiger partial charge in [-0.15, -0.1) is 0 Å². The van der Waals surface area contributed by atoms with Gasteiger partial charge in [0.15, 0.2) is 6.17 Å². The number of nitrogens with zero attached hydrogens (tertiary/aromatic N) is 1. The van der Waals surface area contributed by atoms with Crippen LogP contribution in [0.25, 0.3) is 0 Å². The smallest absolute Gasteiger partial charge is 0.407 e. The highest BCUT2D eigenvalue weighted by atomic mass is 19.1. The average Bonchev–Trinajstić information content (AvgIpc) is 2.41. The molecule has 0 spiro atoms. The van der Waals surface area contributed by atoms with E-state index in [0.717, 1.165) is 11.8 Å². The van der Waals surface area contributed by atoms with Gasteiger partial charge in [-0.25, -0.2) is 9.18 Å². The van der Waals surface area contributed by atoms with Crippen LogP contribution in [0.15, 0.2) is 0 Å². The first-order chi connectivity index (χ1) is 6.93. The number of carbonyl (C=O) groups is 2. The van der Waals surface area contributed by atoms with E-state index in [2.05, 4.69) is 4.74 Å². The molecule has 3 unspecified atom stereocenters. The Morgan fingerprint density at radius 3 is 2.67 bits per heavy atom. The lowest BCUT2D eigenvalue weighted by atomic mass is 10.2. The number of β-amino-alcohol motifs (C(OH)–C–C–N with tert-alkyl or cyclic N) is 1. The highest BCUT2D eigenvalue weighted by molar-refractivity contribution is 5.67. The zero-order valence-corrected chi connectivity index (χ0v) is 8.09. The van der Waals surface area contributed by atoms with Gasteiger partial charge in [0.2, 0.25) is 0 Å². The Labute approximate surface area is 85.2 Å². The van der Waals surface area contributed by atoms with Gasteiger partial charge in [0.1, 0.15) is 18.8 Å². The van der Waals surface area contributed by atoms with Gasteiger partial charge >= 0.3 is 12.1 Å². The molecule has 1 rings (SSSR count). The van der Waals surface area contributed by atoms with Crippen LogP contribution in [-0.4, -0.2) is 58.6 Å². The van der Waals surface area contributed by atoms with Crippen LogP contribution in [0.3, 0.4) is 0 Å². The van der Waals surface area contributed by atoms with Crippen LogP contribution in [0.4, 0.5) is 9.18 Å². The highest BCUT2D eigenvalue weighted by Crippen LogP contribution is 2.22. The molecule has 1 amide bonds. The van der Waals surface area contributed by atoms with E-state index in [9.17, 15) is 14.0 Å². The van der Waals surface area contributed by atoms with Crippen LogP contribution in [0.2, 0.25) is 0 Å². The third kappa shape index (κ3) is 2.56. The summed E-state index contributed by atoms with van der Waals surface area (Å²) in [6.07, 6.45) is -4.42. The Hall–Kier alpha value is -1.37. The summed E-state index contributed by atoms with van der Waals surface area (Å²) in [5.41, 5.74) is 0. The summed E-state index contributed by atoms with van der Waals surface area (Å²) >= 11 is 0. The molecule has 0 aliphatic carbocycles. The number of ether oxygens (including phenoxy) is 1. The number of aliphatic hydroxyl groups excluding tert-OH is 1. The Kier molecular flexibility index (Phi) is 3.46. The largest absolute Gasteiger partial charge is 0.465 e. The number of hydrogen-bond acceptors (Lipinski definition) is 4. The van der Waals surface area contributed by atoms with E-state index < -0.39 is 30.4 Å². The molecule has 0 radical (unpaired) electrons. The summed E-state index contributed by atoms with van der Waals surface area (Å²) in [4.78, 5) is 21.9. The quantitative estimate of drug-likeness (QED) is 0.620. The standard InChI is InChI=1S/C8H12FNO5/c1-4(11)15-3-5-7(9)6(12)2-10(5)8(13)14/h5-7,12H,2-3H2,1H3,(H,13,14). The van der Waals surface area contributed by atoms with Crippen molar-refractivity contribution in [2.75, 3.05) is 13.2 Å². The molecule has 0 aromatic heterocycles. The van der Waals surface area contributed by atoms with E-state index >= 15 is 0 Å². The molecule has 2 N–H and O–H groups in total. The van der Waals surface area contributed by atoms with Crippen molar-refractivity contribution in [3.63, 3.8) is 0 Å². The number of carbonyl (C=O) groups excluding carboxylic acids is 1. The van der Waals surface area contributed by atoms with Gasteiger partial charge in [-0.1, -0.05) is 0 Å². The first-order valence-corrected chi connectivity index (χ1v) is 4.38. The average molecular weight is 221 g/mol. The summed E-state index contributed by atoms with van der Waals surface area (Å²) in [7, 11) is 0. The summed E-state index contributed by atoms with van der Waals surface area (Å²) in [6, 6.07) is -1.12. The fourth-order valence-corrected chi connectivity index (χ4v) is 1.47. The fourth-order valence-electron chi connectivity index (χ4n) is 1.47. The van der Waals surface area contributed by atoms with Crippen molar-refractivity contribution in [3.8, 4) is 0 Å². The van der Waals surface area contributed by atoms with Crippen molar-refractivity contribution in [1.82, 2.24) is 4.90 Å². The number of carboxylic acid groups (broad SMARTS) is 1. The molecule has 3 atom stereocenters. The third-order valence-corrected chi connectivity index (χ3v) is 2.22. The van der Waals surface area contributed by atoms with E-state index in [0.29, 0.717) is 0 Å². The fraction of sp³-hybridized carbons (Fsp3) is 0.750. The van der Waals surface area contributed by atoms with Gasteiger partial charge in [0.25, 0.3) is 0 Å². The van der Waals surface area contributed by atoms with Gasteiger partial charge in [-0.2, -0.15) is 0 Å². The van der Waals surface area contributed by atoms with Crippen LogP contribution in [0.1, 0.15) is 6.92 Å². The van der Waals surface area contributed by atoms with Crippen LogP contribution in [0.5, 0.6) is 0 Å². The van der Waals surface area contributed by atoms with Crippen molar-refractivity contribution in [2.24, 2.45) is 0 Å². The SMILES string of the molecule is CC(=O)OCC1C(F)C(O)CN1C(=O)O. The molecule has 1 saturated heterocycles. The summed E-state index contributed by atoms with van der Waals surface area (Å²) in [6.45, 7) is 0.464. The van der Waals surface area contributed by atoms with Crippen molar-refractivity contribution in [3.05, 3.63) is 0 Å². The molecule has 0 bridgehead atoms. The lowest BCUT2D eigenvalue weighted by Crippen LogP contribution is -2.41. The maximum Gasteiger partial charge on any atom is 0.407 e. The van der Waals surface area contributed by atoms with Crippen LogP contribution in [-0.2, 0) is 9.53 Å². The second-order valence-electron chi connectivity index (χ2n) is 3.32. The topological polar surface area (TPSA) is 87.1 Å². The monoisotopic (exact) mass is 221 g/mol. The number of likely N-dealkylation sites (tertiary alicyclic amines) is 1. The van der Waals surface area contributed by atoms with E-state index in [1.54, 1.807) is 0 Å². The minimum Gasteiger partial charge on any atom is -0.465 e. The van der Waals surface area contributed by atoms with Gasteiger partial charge in [0, 0.05) is 6.92 Å². The predicted octanol–water partition coefficient (Wildman–Crippen LogP) is -0.389. The van der Waals surface area contributed by atoms with Crippen LogP contribution in [0, 0.1) is 0 Å². The first-order valence-electron chi connectivity index (χ1n) is 4.38. The molecule has 86 valence electrons. The second kappa shape index (κ2) is 4.43. The Morgan fingerprint density at radius 2 is 2.20 bits per heavy atom. The second-order valence-corrected chi connectivity index (χ2v) is 3.32. The number of amides is 1. The number of alkyl halides is 1. The molecule has 1 aliphatic heterocycles. The summed E-state index contributed by atoms with van der Waals surface area (Å²) in [5, 5.41) is 17.8. The molecular formula is C8H12FNO5. The molecule has 7 heteroatoms. The van der Waals surface area contributed by atoms with Gasteiger partial charge in [0.05, 0.1) is 6.54 Å². The minimum atomic E-state index is -1.72. The Bertz CT molecular complexity index is 272. The minimum absolute atomic E-state index is 0.303. The van der Waals surface area contributed by atoms with Crippen molar-refractivity contribution >= 4 is 12.1 Å². The van der Waals surface area contributed by atoms with Crippen molar-refractivity contribution in [2.45, 2.75) is 25.2 Å².